The van der Waals surface area contributed by atoms with E-state index in [1.165, 1.54) is 0 Å². The third-order valence-electron chi connectivity index (χ3n) is 1.53. The molecular weight excluding hydrogens is 287 g/mol. The van der Waals surface area contributed by atoms with E-state index in [-0.39, 0.29) is 0 Å². The predicted molar refractivity (Wildman–Crippen MR) is 39.2 cm³/mol. The molecule has 0 atom stereocenters. The van der Waals surface area contributed by atoms with Gasteiger partial charge in [0.25, 0.3) is 5.60 Å². The van der Waals surface area contributed by atoms with Gasteiger partial charge in [0.2, 0.25) is 0 Å². The lowest BCUT2D eigenvalue weighted by Crippen LogP contribution is -2.57. The van der Waals surface area contributed by atoms with Gasteiger partial charge in [-0.1, -0.05) is 0 Å². The highest BCUT2D eigenvalue weighted by atomic mass is 31.2. The third-order valence-corrected chi connectivity index (χ3v) is 2.05. The van der Waals surface area contributed by atoms with Crippen molar-refractivity contribution < 1.29 is 43.8 Å². The van der Waals surface area contributed by atoms with Gasteiger partial charge in [0, 0.05) is 0 Å². The van der Waals surface area contributed by atoms with Crippen LogP contribution in [0.1, 0.15) is 6.42 Å². The summed E-state index contributed by atoms with van der Waals surface area (Å²) in [5.41, 5.74) is -5.34. The topological polar surface area (TPSA) is 26.3 Å². The van der Waals surface area contributed by atoms with E-state index in [4.69, 9.17) is 0 Å². The first-order chi connectivity index (χ1) is 7.27. The van der Waals surface area contributed by atoms with E-state index in [9.17, 15) is 39.3 Å². The van der Waals surface area contributed by atoms with Crippen molar-refractivity contribution in [1.82, 2.24) is 0 Å². The van der Waals surface area contributed by atoms with Crippen LogP contribution in [0.5, 0.6) is 0 Å². The lowest BCUT2D eigenvalue weighted by molar-refractivity contribution is -0.357. The average Bonchev–Trinajstić information content (AvgIpc) is 1.96. The minimum Gasteiger partial charge on any atom is -0.253 e. The fourth-order valence-corrected chi connectivity index (χ4v) is 1.46. The van der Waals surface area contributed by atoms with Gasteiger partial charge in [-0.15, -0.1) is 20.7 Å². The van der Waals surface area contributed by atoms with Crippen molar-refractivity contribution >= 4 is 7.99 Å². The Morgan fingerprint density at radius 1 is 1.06 bits per heavy atom. The number of hydrogen-bond donors (Lipinski definition) is 0. The highest BCUT2D eigenvalue weighted by Crippen LogP contribution is 2.61. The van der Waals surface area contributed by atoms with Gasteiger partial charge in [0.1, 0.15) is 0 Å². The molecule has 0 aliphatic heterocycles. The monoisotopic (exact) mass is 290 g/mol. The van der Waals surface area contributed by atoms with Crippen LogP contribution in [-0.4, -0.2) is 18.0 Å². The van der Waals surface area contributed by atoms with Crippen molar-refractivity contribution in [3.8, 4) is 12.3 Å². The molecule has 100 valence electrons. The minimum atomic E-state index is -7.05. The molecular formula is C6H3F8O2P. The Bertz CT molecular complexity index is 344. The van der Waals surface area contributed by atoms with Crippen molar-refractivity contribution in [2.75, 3.05) is 0 Å². The predicted octanol–water partition coefficient (Wildman–Crippen LogP) is 3.94. The van der Waals surface area contributed by atoms with Gasteiger partial charge >= 0.3 is 20.3 Å². The Morgan fingerprint density at radius 2 is 1.41 bits per heavy atom. The van der Waals surface area contributed by atoms with Crippen LogP contribution < -0.4 is 0 Å². The largest absolute Gasteiger partial charge is 0.553 e. The van der Waals surface area contributed by atoms with E-state index in [2.05, 4.69) is 10.9 Å². The molecule has 0 rings (SSSR count). The molecule has 11 heteroatoms. The standard InChI is InChI=1S/C6H3F8O2P/c1-2-3-4(5(7,8)9,6(10,11)12)16-17(13,14)15/h1H,3H2. The maximum Gasteiger partial charge on any atom is 0.553 e. The Balaban J connectivity index is 5.79. The molecule has 0 spiro atoms. The van der Waals surface area contributed by atoms with E-state index in [1.807, 2.05) is 0 Å². The summed E-state index contributed by atoms with van der Waals surface area (Å²) in [5, 5.41) is 0. The fourth-order valence-electron chi connectivity index (χ4n) is 0.822. The Labute approximate surface area is 89.6 Å². The normalized spacial score (nSPS) is 14.5. The summed E-state index contributed by atoms with van der Waals surface area (Å²) in [6.45, 7) is 0. The maximum absolute atomic E-state index is 12.2. The zero-order chi connectivity index (χ0) is 14.1. The number of alkyl halides is 6. The summed E-state index contributed by atoms with van der Waals surface area (Å²) in [6.07, 6.45) is -10.6. The van der Waals surface area contributed by atoms with Gasteiger partial charge in [0.15, 0.2) is 0 Å². The van der Waals surface area contributed by atoms with E-state index < -0.39 is 32.4 Å². The van der Waals surface area contributed by atoms with Crippen LogP contribution in [0.4, 0.5) is 34.7 Å². The third kappa shape index (κ3) is 3.57. The molecule has 0 aliphatic carbocycles. The van der Waals surface area contributed by atoms with Crippen LogP contribution in [-0.2, 0) is 9.09 Å². The molecule has 0 amide bonds. The molecule has 0 bridgehead atoms. The molecule has 17 heavy (non-hydrogen) atoms. The first-order valence-electron chi connectivity index (χ1n) is 3.54. The lowest BCUT2D eigenvalue weighted by atomic mass is 9.99. The van der Waals surface area contributed by atoms with Crippen LogP contribution in [0.15, 0.2) is 0 Å². The summed E-state index contributed by atoms with van der Waals surface area (Å²) in [7, 11) is -7.05. The van der Waals surface area contributed by atoms with E-state index in [0.29, 0.717) is 0 Å². The van der Waals surface area contributed by atoms with Crippen molar-refractivity contribution in [1.29, 1.82) is 0 Å². The van der Waals surface area contributed by atoms with Gasteiger partial charge in [-0.05, 0) is 0 Å². The molecule has 0 aliphatic rings. The Kier molecular flexibility index (Phi) is 4.25. The first-order valence-corrected chi connectivity index (χ1v) is 4.94. The summed E-state index contributed by atoms with van der Waals surface area (Å²) >= 11 is 0. The zero-order valence-corrected chi connectivity index (χ0v) is 8.47. The second-order valence-electron chi connectivity index (χ2n) is 2.71. The fraction of sp³-hybridized carbons (Fsp3) is 0.667. The molecule has 0 unspecified atom stereocenters. The van der Waals surface area contributed by atoms with Crippen LogP contribution in [0.25, 0.3) is 0 Å². The Morgan fingerprint density at radius 3 is 1.59 bits per heavy atom. The highest BCUT2D eigenvalue weighted by Gasteiger charge is 2.74. The second kappa shape index (κ2) is 4.46. The van der Waals surface area contributed by atoms with Gasteiger partial charge < -0.3 is 0 Å². The molecule has 0 aromatic rings. The SMILES string of the molecule is C#CCC(OP(=O)(F)F)(C(F)(F)F)C(F)(F)F. The molecule has 2 nitrogen and oxygen atoms in total. The highest BCUT2D eigenvalue weighted by molar-refractivity contribution is 7.47. The molecule has 0 aromatic heterocycles. The second-order valence-corrected chi connectivity index (χ2v) is 3.72. The van der Waals surface area contributed by atoms with Gasteiger partial charge in [-0.25, -0.2) is 4.57 Å². The number of rotatable bonds is 3. The minimum absolute atomic E-state index is 0.925. The molecule has 0 aromatic carbocycles. The molecule has 0 heterocycles. The van der Waals surface area contributed by atoms with Crippen LogP contribution in [0, 0.1) is 12.3 Å². The molecule has 0 fully saturated rings. The average molecular weight is 290 g/mol. The van der Waals surface area contributed by atoms with Crippen molar-refractivity contribution in [3.05, 3.63) is 0 Å². The molecule has 0 saturated carbocycles. The first kappa shape index (κ1) is 16.2. The molecule has 0 N–H and O–H groups in total. The van der Waals surface area contributed by atoms with E-state index in [1.54, 1.807) is 0 Å². The Hall–Kier alpha value is -0.810. The van der Waals surface area contributed by atoms with Crippen molar-refractivity contribution in [2.24, 2.45) is 0 Å². The number of terminal acetylenes is 1. The summed E-state index contributed by atoms with van der Waals surface area (Å²) in [4.78, 5) is 0. The zero-order valence-electron chi connectivity index (χ0n) is 7.57. The van der Waals surface area contributed by atoms with E-state index in [0.717, 1.165) is 5.92 Å². The van der Waals surface area contributed by atoms with Crippen LogP contribution in [0.2, 0.25) is 0 Å². The van der Waals surface area contributed by atoms with Crippen LogP contribution >= 0.6 is 7.99 Å². The van der Waals surface area contributed by atoms with Gasteiger partial charge in [-0.2, -0.15) is 26.3 Å². The lowest BCUT2D eigenvalue weighted by Gasteiger charge is -2.34. The number of halogens is 8. The molecule has 0 saturated heterocycles. The summed E-state index contributed by atoms with van der Waals surface area (Å²) in [5.74, 6) is 0.925. The van der Waals surface area contributed by atoms with Crippen molar-refractivity contribution in [3.63, 3.8) is 0 Å². The van der Waals surface area contributed by atoms with Gasteiger partial charge in [0.05, 0.1) is 6.42 Å². The maximum atomic E-state index is 12.2. The summed E-state index contributed by atoms with van der Waals surface area (Å²) < 4.78 is 109. The van der Waals surface area contributed by atoms with Crippen molar-refractivity contribution in [2.45, 2.75) is 24.4 Å². The smallest absolute Gasteiger partial charge is 0.253 e. The summed E-state index contributed by atoms with van der Waals surface area (Å²) in [6, 6.07) is 0. The molecule has 0 radical (unpaired) electrons. The van der Waals surface area contributed by atoms with E-state index >= 15 is 0 Å². The number of hydrogen-bond acceptors (Lipinski definition) is 2. The van der Waals surface area contributed by atoms with Gasteiger partial charge in [-0.3, -0.25) is 4.52 Å². The van der Waals surface area contributed by atoms with Crippen LogP contribution in [0.3, 0.4) is 0 Å². The quantitative estimate of drug-likeness (QED) is 0.447.